The van der Waals surface area contributed by atoms with Crippen LogP contribution in [0.4, 0.5) is 11.4 Å². The molecule has 9 nitrogen and oxygen atoms in total. The fraction of sp³-hybridized carbons (Fsp3) is 0.727. The van der Waals surface area contributed by atoms with Gasteiger partial charge in [0.25, 0.3) is 6.20 Å². The van der Waals surface area contributed by atoms with E-state index in [4.69, 9.17) is 4.74 Å². The van der Waals surface area contributed by atoms with Crippen LogP contribution in [0.2, 0.25) is 0 Å². The molecule has 3 atom stereocenters. The van der Waals surface area contributed by atoms with Crippen LogP contribution in [-0.4, -0.2) is 40.8 Å². The molecule has 0 spiro atoms. The Morgan fingerprint density at radius 2 is 2.03 bits per heavy atom. The zero-order valence-electron chi connectivity index (χ0n) is 18.4. The van der Waals surface area contributed by atoms with Crippen molar-refractivity contribution in [2.24, 2.45) is 17.8 Å². The first kappa shape index (κ1) is 21.8. The highest BCUT2D eigenvalue weighted by molar-refractivity contribution is 5.71. The minimum Gasteiger partial charge on any atom is -0.618 e. The third-order valence-electron chi connectivity index (χ3n) is 6.62. The quantitative estimate of drug-likeness (QED) is 0.249. The molecule has 0 unspecified atom stereocenters. The molecule has 0 amide bonds. The van der Waals surface area contributed by atoms with Crippen molar-refractivity contribution in [1.82, 2.24) is 0 Å². The van der Waals surface area contributed by atoms with E-state index in [0.717, 1.165) is 31.0 Å². The summed E-state index contributed by atoms with van der Waals surface area (Å²) in [5.41, 5.74) is 1.02. The van der Waals surface area contributed by atoms with E-state index >= 15 is 0 Å². The van der Waals surface area contributed by atoms with Gasteiger partial charge in [-0.15, -0.1) is 0 Å². The van der Waals surface area contributed by atoms with Gasteiger partial charge in [-0.05, 0) is 52.4 Å². The van der Waals surface area contributed by atoms with Gasteiger partial charge in [-0.3, -0.25) is 14.9 Å². The fourth-order valence-electron chi connectivity index (χ4n) is 5.21. The summed E-state index contributed by atoms with van der Waals surface area (Å²) >= 11 is 0. The second-order valence-corrected chi connectivity index (χ2v) is 10.2. The summed E-state index contributed by atoms with van der Waals surface area (Å²) in [5, 5.41) is 35.2. The molecule has 4 rings (SSSR count). The van der Waals surface area contributed by atoms with E-state index in [2.05, 4.69) is 0 Å². The number of rotatable bonds is 5. The number of anilines is 1. The van der Waals surface area contributed by atoms with Gasteiger partial charge in [0.05, 0.1) is 23.0 Å². The van der Waals surface area contributed by atoms with E-state index in [-0.39, 0.29) is 29.9 Å². The summed E-state index contributed by atoms with van der Waals surface area (Å²) in [6.07, 6.45) is 4.52. The van der Waals surface area contributed by atoms with E-state index in [1.807, 2.05) is 4.90 Å². The number of nitrogens with zero attached hydrogens (tertiary/aromatic N) is 3. The van der Waals surface area contributed by atoms with Crippen molar-refractivity contribution in [2.45, 2.75) is 71.0 Å². The normalized spacial score (nSPS) is 25.9. The monoisotopic (exact) mass is 433 g/mol. The SMILES string of the molecule is CC(C)(C)OC(=O)C[C@@H]1CN(c2c([N+](=O)[O-])c[n+]([O-])c3c2CCC3)C[C@H](C2CC2)[C@H]1O. The van der Waals surface area contributed by atoms with Crippen molar-refractivity contribution in [3.63, 3.8) is 0 Å². The van der Waals surface area contributed by atoms with Gasteiger partial charge in [0.15, 0.2) is 5.69 Å². The number of esters is 1. The van der Waals surface area contributed by atoms with Gasteiger partial charge in [0, 0.05) is 31.3 Å². The Morgan fingerprint density at radius 1 is 1.32 bits per heavy atom. The van der Waals surface area contributed by atoms with Crippen LogP contribution in [0.25, 0.3) is 0 Å². The maximum Gasteiger partial charge on any atom is 0.357 e. The van der Waals surface area contributed by atoms with E-state index in [9.17, 15) is 25.2 Å². The van der Waals surface area contributed by atoms with Gasteiger partial charge in [-0.25, -0.2) is 0 Å². The first-order valence-corrected chi connectivity index (χ1v) is 11.1. The van der Waals surface area contributed by atoms with Crippen LogP contribution in [0.1, 0.15) is 57.7 Å². The number of aromatic nitrogens is 1. The Morgan fingerprint density at radius 3 is 2.65 bits per heavy atom. The summed E-state index contributed by atoms with van der Waals surface area (Å²) in [6.45, 7) is 6.22. The largest absolute Gasteiger partial charge is 0.618 e. The summed E-state index contributed by atoms with van der Waals surface area (Å²) in [5.74, 6) is -0.458. The highest BCUT2D eigenvalue weighted by atomic mass is 16.6. The molecule has 1 aliphatic heterocycles. The van der Waals surface area contributed by atoms with E-state index < -0.39 is 16.6 Å². The minimum atomic E-state index is -0.656. The van der Waals surface area contributed by atoms with Crippen LogP contribution < -0.4 is 9.63 Å². The molecule has 31 heavy (non-hydrogen) atoms. The number of pyridine rings is 1. The Hall–Kier alpha value is -2.42. The molecule has 0 radical (unpaired) electrons. The Balaban J connectivity index is 1.68. The van der Waals surface area contributed by atoms with Crippen molar-refractivity contribution < 1.29 is 24.3 Å². The standard InChI is InChI=1S/C22H31N3O6/c1-22(2,3)31-19(26)9-14-10-23(11-16(21(14)27)13-7-8-13)20-15-5-4-6-17(15)24(28)12-18(20)25(29)30/h12-14,16,21,27H,4-11H2,1-3H3/t14-,16-,21+/m1/s1. The summed E-state index contributed by atoms with van der Waals surface area (Å²) in [6, 6.07) is 0. The van der Waals surface area contributed by atoms with Gasteiger partial charge in [0.1, 0.15) is 11.3 Å². The third-order valence-corrected chi connectivity index (χ3v) is 6.62. The maximum atomic E-state index is 12.5. The predicted octanol–water partition coefficient (Wildman–Crippen LogP) is 2.27. The van der Waals surface area contributed by atoms with Crippen LogP contribution in [-0.2, 0) is 22.4 Å². The van der Waals surface area contributed by atoms with Crippen LogP contribution in [0.15, 0.2) is 6.20 Å². The molecule has 3 aliphatic rings. The first-order chi connectivity index (χ1) is 14.5. The molecule has 9 heteroatoms. The van der Waals surface area contributed by atoms with Crippen LogP contribution in [0, 0.1) is 33.1 Å². The molecule has 0 bridgehead atoms. The van der Waals surface area contributed by atoms with Crippen molar-refractivity contribution >= 4 is 17.3 Å². The van der Waals surface area contributed by atoms with E-state index in [1.54, 1.807) is 20.8 Å². The smallest absolute Gasteiger partial charge is 0.357 e. The van der Waals surface area contributed by atoms with E-state index in [0.29, 0.717) is 48.0 Å². The number of nitro groups is 1. The van der Waals surface area contributed by atoms with E-state index in [1.165, 1.54) is 0 Å². The third kappa shape index (κ3) is 4.46. The Kier molecular flexibility index (Phi) is 5.57. The molecule has 1 N–H and O–H groups in total. The molecule has 1 aromatic heterocycles. The Labute approximate surface area is 181 Å². The van der Waals surface area contributed by atoms with Crippen molar-refractivity contribution in [3.05, 3.63) is 32.8 Å². The van der Waals surface area contributed by atoms with Crippen LogP contribution in [0.3, 0.4) is 0 Å². The zero-order chi connectivity index (χ0) is 22.5. The average Bonchev–Trinajstić information content (AvgIpc) is 3.37. The molecule has 2 fully saturated rings. The zero-order valence-corrected chi connectivity index (χ0v) is 18.4. The number of carbonyl (C=O) groups excluding carboxylic acids is 1. The number of aliphatic hydroxyl groups excluding tert-OH is 1. The average molecular weight is 434 g/mol. The van der Waals surface area contributed by atoms with Gasteiger partial charge in [-0.1, -0.05) is 0 Å². The molecular formula is C22H31N3O6. The fourth-order valence-corrected chi connectivity index (χ4v) is 5.21. The molecule has 1 saturated carbocycles. The Bertz CT molecular complexity index is 892. The number of carbonyl (C=O) groups is 1. The molecule has 1 saturated heterocycles. The lowest BCUT2D eigenvalue weighted by Gasteiger charge is -2.43. The van der Waals surface area contributed by atoms with Crippen molar-refractivity contribution in [1.29, 1.82) is 0 Å². The van der Waals surface area contributed by atoms with Gasteiger partial charge >= 0.3 is 11.7 Å². The predicted molar refractivity (Wildman–Crippen MR) is 112 cm³/mol. The molecular weight excluding hydrogens is 402 g/mol. The maximum absolute atomic E-state index is 12.5. The minimum absolute atomic E-state index is 0.0579. The lowest BCUT2D eigenvalue weighted by molar-refractivity contribution is -0.617. The molecule has 2 heterocycles. The van der Waals surface area contributed by atoms with Crippen LogP contribution in [0.5, 0.6) is 0 Å². The summed E-state index contributed by atoms with van der Waals surface area (Å²) < 4.78 is 6.11. The number of hydrogen-bond acceptors (Lipinski definition) is 7. The second kappa shape index (κ2) is 7.93. The molecule has 2 aliphatic carbocycles. The van der Waals surface area contributed by atoms with Crippen molar-refractivity contribution in [2.75, 3.05) is 18.0 Å². The highest BCUT2D eigenvalue weighted by Crippen LogP contribution is 2.46. The van der Waals surface area contributed by atoms with Crippen LogP contribution >= 0.6 is 0 Å². The summed E-state index contributed by atoms with van der Waals surface area (Å²) in [4.78, 5) is 25.8. The molecule has 0 aromatic carbocycles. The lowest BCUT2D eigenvalue weighted by Crippen LogP contribution is -2.51. The molecule has 1 aromatic rings. The number of piperidine rings is 1. The number of ether oxygens (including phenoxy) is 1. The number of hydrogen-bond donors (Lipinski definition) is 1. The topological polar surface area (TPSA) is 120 Å². The highest BCUT2D eigenvalue weighted by Gasteiger charge is 2.47. The number of fused-ring (bicyclic) bond motifs is 1. The van der Waals surface area contributed by atoms with Gasteiger partial charge in [0.2, 0.25) is 0 Å². The van der Waals surface area contributed by atoms with Crippen molar-refractivity contribution in [3.8, 4) is 0 Å². The second-order valence-electron chi connectivity index (χ2n) is 10.2. The number of aliphatic hydroxyl groups is 1. The molecule has 170 valence electrons. The lowest BCUT2D eigenvalue weighted by atomic mass is 9.81. The summed E-state index contributed by atoms with van der Waals surface area (Å²) in [7, 11) is 0. The van der Waals surface area contributed by atoms with Gasteiger partial charge < -0.3 is 20.0 Å². The van der Waals surface area contributed by atoms with Gasteiger partial charge in [-0.2, -0.15) is 4.73 Å². The first-order valence-electron chi connectivity index (χ1n) is 11.1.